The lowest BCUT2D eigenvalue weighted by Gasteiger charge is -2.14. The predicted molar refractivity (Wildman–Crippen MR) is 51.2 cm³/mol. The van der Waals surface area contributed by atoms with Crippen LogP contribution in [0.1, 0.15) is 26.5 Å². The Morgan fingerprint density at radius 1 is 1.38 bits per heavy atom. The summed E-state index contributed by atoms with van der Waals surface area (Å²) in [5, 5.41) is 0. The van der Waals surface area contributed by atoms with Crippen LogP contribution < -0.4 is 4.98 Å². The van der Waals surface area contributed by atoms with Crippen LogP contribution in [-0.4, -0.2) is 5.78 Å². The summed E-state index contributed by atoms with van der Waals surface area (Å²) >= 11 is 0. The molecule has 70 valence electrons. The van der Waals surface area contributed by atoms with E-state index in [1.165, 1.54) is 0 Å². The zero-order valence-electron chi connectivity index (χ0n) is 8.42. The zero-order chi connectivity index (χ0) is 9.90. The standard InChI is InChI=1S/C11H15NO/c1-11(2,3)10(13)8-9-6-4-5-7-12-9/h4-7H,8H2,1-3H3/p+1. The molecule has 0 aliphatic heterocycles. The van der Waals surface area contributed by atoms with Gasteiger partial charge in [-0.3, -0.25) is 4.79 Å². The Labute approximate surface area is 79.0 Å². The highest BCUT2D eigenvalue weighted by Gasteiger charge is 2.22. The quantitative estimate of drug-likeness (QED) is 0.677. The number of aromatic nitrogens is 1. The molecule has 1 rings (SSSR count). The average molecular weight is 178 g/mol. The van der Waals surface area contributed by atoms with Crippen LogP contribution in [0.15, 0.2) is 24.4 Å². The number of rotatable bonds is 2. The van der Waals surface area contributed by atoms with Crippen LogP contribution in [0.4, 0.5) is 0 Å². The van der Waals surface area contributed by atoms with Gasteiger partial charge < -0.3 is 0 Å². The van der Waals surface area contributed by atoms with Gasteiger partial charge in [0, 0.05) is 17.5 Å². The molecule has 1 aromatic rings. The van der Waals surface area contributed by atoms with Crippen LogP contribution in [0.25, 0.3) is 0 Å². The fourth-order valence-electron chi connectivity index (χ4n) is 0.979. The molecular formula is C11H16NO+. The maximum atomic E-state index is 11.6. The highest BCUT2D eigenvalue weighted by molar-refractivity contribution is 5.85. The number of H-pyrrole nitrogens is 1. The number of ketones is 1. The molecule has 0 amide bonds. The highest BCUT2D eigenvalue weighted by atomic mass is 16.1. The largest absolute Gasteiger partial charge is 0.298 e. The van der Waals surface area contributed by atoms with E-state index in [0.29, 0.717) is 6.42 Å². The monoisotopic (exact) mass is 178 g/mol. The number of carbonyl (C=O) groups excluding carboxylic acids is 1. The number of hydrogen-bond donors (Lipinski definition) is 0. The van der Waals surface area contributed by atoms with Gasteiger partial charge in [-0.25, -0.2) is 4.98 Å². The van der Waals surface area contributed by atoms with Gasteiger partial charge in [0.25, 0.3) is 0 Å². The van der Waals surface area contributed by atoms with Gasteiger partial charge in [-0.2, -0.15) is 0 Å². The minimum atomic E-state index is -0.246. The number of aromatic amines is 1. The highest BCUT2D eigenvalue weighted by Crippen LogP contribution is 2.16. The van der Waals surface area contributed by atoms with E-state index in [2.05, 4.69) is 4.98 Å². The van der Waals surface area contributed by atoms with Crippen molar-refractivity contribution in [2.24, 2.45) is 5.41 Å². The van der Waals surface area contributed by atoms with Crippen molar-refractivity contribution < 1.29 is 9.78 Å². The summed E-state index contributed by atoms with van der Waals surface area (Å²) in [6.07, 6.45) is 2.33. The fourth-order valence-corrected chi connectivity index (χ4v) is 0.979. The lowest BCUT2D eigenvalue weighted by atomic mass is 9.88. The second-order valence-corrected chi connectivity index (χ2v) is 4.24. The minimum absolute atomic E-state index is 0.246. The number of Topliss-reactive ketones (excluding diaryl/α,β-unsaturated/α-hetero) is 1. The topological polar surface area (TPSA) is 31.2 Å². The second kappa shape index (κ2) is 3.69. The first kappa shape index (κ1) is 9.90. The molecule has 1 aromatic heterocycles. The molecule has 0 aromatic carbocycles. The van der Waals surface area contributed by atoms with Gasteiger partial charge in [-0.1, -0.05) is 26.8 Å². The lowest BCUT2D eigenvalue weighted by Crippen LogP contribution is -2.25. The van der Waals surface area contributed by atoms with E-state index in [1.54, 1.807) is 0 Å². The van der Waals surface area contributed by atoms with Crippen molar-refractivity contribution in [3.05, 3.63) is 30.1 Å². The molecule has 2 heteroatoms. The predicted octanol–water partition coefficient (Wildman–Crippen LogP) is 1.66. The molecule has 0 saturated heterocycles. The van der Waals surface area contributed by atoms with Crippen molar-refractivity contribution >= 4 is 5.78 Å². The Kier molecular flexibility index (Phi) is 2.81. The molecule has 0 saturated carbocycles. The SMILES string of the molecule is CC(C)(C)C(=O)Cc1cccc[nH+]1. The van der Waals surface area contributed by atoms with Gasteiger partial charge in [0.2, 0.25) is 0 Å². The fraction of sp³-hybridized carbons (Fsp3) is 0.455. The van der Waals surface area contributed by atoms with E-state index in [0.717, 1.165) is 5.69 Å². The zero-order valence-corrected chi connectivity index (χ0v) is 8.42. The maximum absolute atomic E-state index is 11.6. The van der Waals surface area contributed by atoms with Crippen molar-refractivity contribution in [1.29, 1.82) is 0 Å². The first-order valence-corrected chi connectivity index (χ1v) is 4.49. The van der Waals surface area contributed by atoms with E-state index < -0.39 is 0 Å². The van der Waals surface area contributed by atoms with E-state index in [9.17, 15) is 4.79 Å². The summed E-state index contributed by atoms with van der Waals surface area (Å²) in [7, 11) is 0. The Morgan fingerprint density at radius 2 is 2.08 bits per heavy atom. The van der Waals surface area contributed by atoms with Crippen LogP contribution in [-0.2, 0) is 11.2 Å². The summed E-state index contributed by atoms with van der Waals surface area (Å²) in [6, 6.07) is 5.77. The van der Waals surface area contributed by atoms with Crippen molar-refractivity contribution in [2.75, 3.05) is 0 Å². The third kappa shape index (κ3) is 2.98. The third-order valence-electron chi connectivity index (χ3n) is 1.96. The van der Waals surface area contributed by atoms with E-state index in [4.69, 9.17) is 0 Å². The molecule has 0 radical (unpaired) electrons. The summed E-state index contributed by atoms with van der Waals surface area (Å²) in [5.74, 6) is 0.259. The smallest absolute Gasteiger partial charge is 0.187 e. The number of nitrogens with one attached hydrogen (secondary N) is 1. The summed E-state index contributed by atoms with van der Waals surface area (Å²) in [6.45, 7) is 5.83. The molecule has 13 heavy (non-hydrogen) atoms. The molecule has 0 atom stereocenters. The normalized spacial score (nSPS) is 11.3. The first-order chi connectivity index (χ1) is 6.00. The van der Waals surface area contributed by atoms with Crippen LogP contribution in [0, 0.1) is 5.41 Å². The van der Waals surface area contributed by atoms with Crippen LogP contribution in [0.3, 0.4) is 0 Å². The lowest BCUT2D eigenvalue weighted by molar-refractivity contribution is -0.389. The van der Waals surface area contributed by atoms with Gasteiger partial charge in [0.05, 0.1) is 6.42 Å². The van der Waals surface area contributed by atoms with Crippen molar-refractivity contribution in [3.8, 4) is 0 Å². The Bertz CT molecular complexity index is 285. The van der Waals surface area contributed by atoms with Crippen molar-refractivity contribution in [3.63, 3.8) is 0 Å². The van der Waals surface area contributed by atoms with Crippen LogP contribution in [0.5, 0.6) is 0 Å². The molecule has 0 unspecified atom stereocenters. The van der Waals surface area contributed by atoms with Crippen molar-refractivity contribution in [1.82, 2.24) is 0 Å². The number of carbonyl (C=O) groups is 1. The Morgan fingerprint density at radius 3 is 2.54 bits per heavy atom. The summed E-state index contributed by atoms with van der Waals surface area (Å²) in [5.41, 5.74) is 0.728. The molecule has 1 N–H and O–H groups in total. The van der Waals surface area contributed by atoms with Gasteiger partial charge >= 0.3 is 0 Å². The molecule has 0 spiro atoms. The molecule has 0 aliphatic carbocycles. The summed E-state index contributed by atoms with van der Waals surface area (Å²) in [4.78, 5) is 14.7. The third-order valence-corrected chi connectivity index (χ3v) is 1.96. The maximum Gasteiger partial charge on any atom is 0.187 e. The van der Waals surface area contributed by atoms with Gasteiger partial charge in [0.1, 0.15) is 5.78 Å². The summed E-state index contributed by atoms with van der Waals surface area (Å²) < 4.78 is 0. The van der Waals surface area contributed by atoms with Crippen LogP contribution in [0.2, 0.25) is 0 Å². The van der Waals surface area contributed by atoms with Gasteiger partial charge in [-0.05, 0) is 0 Å². The first-order valence-electron chi connectivity index (χ1n) is 4.49. The molecule has 0 fully saturated rings. The van der Waals surface area contributed by atoms with E-state index >= 15 is 0 Å². The minimum Gasteiger partial charge on any atom is -0.298 e. The molecular weight excluding hydrogens is 162 g/mol. The molecule has 1 heterocycles. The second-order valence-electron chi connectivity index (χ2n) is 4.24. The molecule has 0 bridgehead atoms. The van der Waals surface area contributed by atoms with Crippen molar-refractivity contribution in [2.45, 2.75) is 27.2 Å². The molecule has 2 nitrogen and oxygen atoms in total. The Hall–Kier alpha value is -1.18. The molecule has 0 aliphatic rings. The van der Waals surface area contributed by atoms with Gasteiger partial charge in [0.15, 0.2) is 11.9 Å². The van der Waals surface area contributed by atoms with E-state index in [1.807, 2.05) is 45.2 Å². The Balaban J connectivity index is 2.66. The average Bonchev–Trinajstić information content (AvgIpc) is 2.04. The van der Waals surface area contributed by atoms with Gasteiger partial charge in [-0.15, -0.1) is 0 Å². The van der Waals surface area contributed by atoms with Crippen LogP contribution >= 0.6 is 0 Å². The number of pyridine rings is 1. The van der Waals surface area contributed by atoms with E-state index in [-0.39, 0.29) is 11.2 Å². The number of hydrogen-bond acceptors (Lipinski definition) is 1.